The van der Waals surface area contributed by atoms with Crippen LogP contribution in [0.5, 0.6) is 0 Å². The average Bonchev–Trinajstić information content (AvgIpc) is 2.82. The summed E-state index contributed by atoms with van der Waals surface area (Å²) in [6.07, 6.45) is 1.37. The average molecular weight is 318 g/mol. The summed E-state index contributed by atoms with van der Waals surface area (Å²) in [5.74, 6) is 0. The van der Waals surface area contributed by atoms with E-state index in [0.717, 1.165) is 18.4 Å². The summed E-state index contributed by atoms with van der Waals surface area (Å²) < 4.78 is 5.38. The van der Waals surface area contributed by atoms with E-state index < -0.39 is 16.6 Å². The zero-order chi connectivity index (χ0) is 16.9. The number of aliphatic hydroxyl groups is 1. The summed E-state index contributed by atoms with van der Waals surface area (Å²) in [7, 11) is 0. The first kappa shape index (κ1) is 16.3. The molecule has 126 valence electrons. The van der Waals surface area contributed by atoms with Crippen LogP contribution in [0.4, 0.5) is 4.79 Å². The zero-order valence-corrected chi connectivity index (χ0v) is 14.1. The van der Waals surface area contributed by atoms with Gasteiger partial charge in [0.05, 0.1) is 13.1 Å². The minimum absolute atomic E-state index is 0.271. The standard InChI is InChI=1S/C18H26N2O3/c1-16(2,3)23-15(21)20-11-18(22,12-20)17(10-19)9-8-13-6-4-5-7-14(13)17/h4-7,22H,8-12,19H2,1-3H3. The van der Waals surface area contributed by atoms with Crippen LogP contribution in [-0.2, 0) is 16.6 Å². The molecule has 0 aromatic heterocycles. The maximum Gasteiger partial charge on any atom is 0.410 e. The molecule has 1 atom stereocenters. The lowest BCUT2D eigenvalue weighted by atomic mass is 9.64. The van der Waals surface area contributed by atoms with Crippen LogP contribution in [0, 0.1) is 0 Å². The number of β-amino-alcohol motifs (C(OH)–C–C–N with tert-alkyl or cyclic N) is 1. The SMILES string of the molecule is CC(C)(C)OC(=O)N1CC(O)(C2(CN)CCc3ccccc32)C1. The number of nitrogens with zero attached hydrogens (tertiary/aromatic N) is 1. The van der Waals surface area contributed by atoms with Crippen molar-refractivity contribution >= 4 is 6.09 Å². The van der Waals surface area contributed by atoms with Crippen molar-refractivity contribution in [3.63, 3.8) is 0 Å². The third kappa shape index (κ3) is 2.52. The summed E-state index contributed by atoms with van der Waals surface area (Å²) in [6, 6.07) is 8.16. The summed E-state index contributed by atoms with van der Waals surface area (Å²) in [4.78, 5) is 13.7. The van der Waals surface area contributed by atoms with E-state index in [4.69, 9.17) is 10.5 Å². The molecular formula is C18H26N2O3. The molecule has 5 nitrogen and oxygen atoms in total. The normalized spacial score (nSPS) is 25.7. The molecule has 3 N–H and O–H groups in total. The predicted octanol–water partition coefficient (Wildman–Crippen LogP) is 1.81. The van der Waals surface area contributed by atoms with Crippen LogP contribution in [0.15, 0.2) is 24.3 Å². The van der Waals surface area contributed by atoms with Gasteiger partial charge in [-0.1, -0.05) is 24.3 Å². The van der Waals surface area contributed by atoms with Gasteiger partial charge in [-0.25, -0.2) is 4.79 Å². The maximum absolute atomic E-state index is 12.1. The van der Waals surface area contributed by atoms with Crippen molar-refractivity contribution in [3.05, 3.63) is 35.4 Å². The largest absolute Gasteiger partial charge is 0.444 e. The fourth-order valence-electron chi connectivity index (χ4n) is 3.92. The van der Waals surface area contributed by atoms with Gasteiger partial charge in [0.1, 0.15) is 11.2 Å². The number of rotatable bonds is 2. The fourth-order valence-corrected chi connectivity index (χ4v) is 3.92. The van der Waals surface area contributed by atoms with Crippen molar-refractivity contribution in [2.24, 2.45) is 5.73 Å². The summed E-state index contributed by atoms with van der Waals surface area (Å²) in [5, 5.41) is 11.2. The molecular weight excluding hydrogens is 292 g/mol. The Morgan fingerprint density at radius 2 is 2.00 bits per heavy atom. The Bertz CT molecular complexity index is 617. The van der Waals surface area contributed by atoms with Gasteiger partial charge in [0.15, 0.2) is 0 Å². The lowest BCUT2D eigenvalue weighted by Crippen LogP contribution is -2.73. The number of aryl methyl sites for hydroxylation is 1. The first-order valence-electron chi connectivity index (χ1n) is 8.20. The van der Waals surface area contributed by atoms with Crippen molar-refractivity contribution in [1.29, 1.82) is 0 Å². The highest BCUT2D eigenvalue weighted by molar-refractivity contribution is 5.70. The molecule has 0 saturated carbocycles. The van der Waals surface area contributed by atoms with Crippen LogP contribution >= 0.6 is 0 Å². The molecule has 0 spiro atoms. The lowest BCUT2D eigenvalue weighted by molar-refractivity contribution is -0.142. The van der Waals surface area contributed by atoms with Crippen LogP contribution in [0.25, 0.3) is 0 Å². The minimum Gasteiger partial charge on any atom is -0.444 e. The van der Waals surface area contributed by atoms with Gasteiger partial charge in [-0.3, -0.25) is 0 Å². The van der Waals surface area contributed by atoms with Crippen LogP contribution in [0.2, 0.25) is 0 Å². The van der Waals surface area contributed by atoms with Gasteiger partial charge < -0.3 is 20.5 Å². The lowest BCUT2D eigenvalue weighted by Gasteiger charge is -2.55. The summed E-state index contributed by atoms with van der Waals surface area (Å²) in [6.45, 7) is 6.44. The molecule has 1 aromatic rings. The van der Waals surface area contributed by atoms with Gasteiger partial charge in [0, 0.05) is 12.0 Å². The molecule has 1 fully saturated rings. The van der Waals surface area contributed by atoms with Gasteiger partial charge in [-0.2, -0.15) is 0 Å². The van der Waals surface area contributed by atoms with Gasteiger partial charge in [0.25, 0.3) is 0 Å². The molecule has 1 aliphatic heterocycles. The Hall–Kier alpha value is -1.59. The third-order valence-electron chi connectivity index (χ3n) is 5.15. The third-order valence-corrected chi connectivity index (χ3v) is 5.15. The van der Waals surface area contributed by atoms with Crippen LogP contribution in [0.3, 0.4) is 0 Å². The second kappa shape index (κ2) is 5.21. The molecule has 5 heteroatoms. The van der Waals surface area contributed by atoms with E-state index in [1.165, 1.54) is 5.56 Å². The highest BCUT2D eigenvalue weighted by Gasteiger charge is 2.60. The van der Waals surface area contributed by atoms with Crippen molar-refractivity contribution < 1.29 is 14.6 Å². The predicted molar refractivity (Wildman–Crippen MR) is 88.3 cm³/mol. The molecule has 0 bridgehead atoms. The molecule has 23 heavy (non-hydrogen) atoms. The molecule has 1 aliphatic carbocycles. The van der Waals surface area contributed by atoms with E-state index in [0.29, 0.717) is 6.54 Å². The number of hydrogen-bond acceptors (Lipinski definition) is 4. The van der Waals surface area contributed by atoms with Crippen LogP contribution in [-0.4, -0.2) is 46.9 Å². The number of ether oxygens (including phenoxy) is 1. The minimum atomic E-state index is -0.981. The molecule has 2 aliphatic rings. The number of hydrogen-bond donors (Lipinski definition) is 2. The number of likely N-dealkylation sites (tertiary alicyclic amines) is 1. The number of nitrogens with two attached hydrogens (primary N) is 1. The smallest absolute Gasteiger partial charge is 0.410 e. The number of fused-ring (bicyclic) bond motifs is 1. The summed E-state index contributed by atoms with van der Waals surface area (Å²) in [5.41, 5.74) is 6.51. The quantitative estimate of drug-likeness (QED) is 0.872. The van der Waals surface area contributed by atoms with Crippen LogP contribution < -0.4 is 5.73 Å². The van der Waals surface area contributed by atoms with Gasteiger partial charge in [0.2, 0.25) is 0 Å². The van der Waals surface area contributed by atoms with Crippen molar-refractivity contribution in [3.8, 4) is 0 Å². The number of carbonyl (C=O) groups excluding carboxylic acids is 1. The van der Waals surface area contributed by atoms with E-state index in [-0.39, 0.29) is 19.2 Å². The van der Waals surface area contributed by atoms with Crippen molar-refractivity contribution in [2.45, 2.75) is 50.2 Å². The van der Waals surface area contributed by atoms with Crippen molar-refractivity contribution in [1.82, 2.24) is 4.90 Å². The molecule has 3 rings (SSSR count). The fraction of sp³-hybridized carbons (Fsp3) is 0.611. The molecule has 1 amide bonds. The van der Waals surface area contributed by atoms with E-state index in [1.807, 2.05) is 32.9 Å². The zero-order valence-electron chi connectivity index (χ0n) is 14.1. The van der Waals surface area contributed by atoms with Gasteiger partial charge in [-0.15, -0.1) is 0 Å². The second-order valence-electron chi connectivity index (χ2n) is 7.81. The molecule has 1 aromatic carbocycles. The number of carbonyl (C=O) groups is 1. The monoisotopic (exact) mass is 318 g/mol. The Balaban J connectivity index is 1.79. The van der Waals surface area contributed by atoms with E-state index in [9.17, 15) is 9.90 Å². The first-order chi connectivity index (χ1) is 10.7. The molecule has 0 radical (unpaired) electrons. The Kier molecular flexibility index (Phi) is 3.69. The van der Waals surface area contributed by atoms with E-state index in [2.05, 4.69) is 12.1 Å². The Morgan fingerprint density at radius 1 is 1.35 bits per heavy atom. The highest BCUT2D eigenvalue weighted by Crippen LogP contribution is 2.49. The summed E-state index contributed by atoms with van der Waals surface area (Å²) >= 11 is 0. The molecule has 1 unspecified atom stereocenters. The number of amides is 1. The Labute approximate surface area is 137 Å². The maximum atomic E-state index is 12.1. The highest BCUT2D eigenvalue weighted by atomic mass is 16.6. The van der Waals surface area contributed by atoms with Gasteiger partial charge >= 0.3 is 6.09 Å². The number of benzene rings is 1. The Morgan fingerprint density at radius 3 is 2.61 bits per heavy atom. The van der Waals surface area contributed by atoms with Gasteiger partial charge in [-0.05, 0) is 44.7 Å². The topological polar surface area (TPSA) is 75.8 Å². The molecule has 1 saturated heterocycles. The molecule has 1 heterocycles. The van der Waals surface area contributed by atoms with Crippen molar-refractivity contribution in [2.75, 3.05) is 19.6 Å². The second-order valence-corrected chi connectivity index (χ2v) is 7.81. The van der Waals surface area contributed by atoms with E-state index >= 15 is 0 Å². The first-order valence-corrected chi connectivity index (χ1v) is 8.20. The van der Waals surface area contributed by atoms with Crippen LogP contribution in [0.1, 0.15) is 38.3 Å². The van der Waals surface area contributed by atoms with E-state index in [1.54, 1.807) is 4.90 Å².